The first kappa shape index (κ1) is 20.5. The number of aliphatic hydroxyl groups excluding tert-OH is 1. The molecule has 5 nitrogen and oxygen atoms in total. The molecule has 160 valence electrons. The van der Waals surface area contributed by atoms with Gasteiger partial charge < -0.3 is 20.5 Å². The van der Waals surface area contributed by atoms with Gasteiger partial charge in [-0.15, -0.1) is 0 Å². The Labute approximate surface area is 170 Å². The number of carbonyl (C=O) groups excluding carboxylic acids is 1. The van der Waals surface area contributed by atoms with Crippen LogP contribution < -0.4 is 15.4 Å². The molecule has 0 fully saturated rings. The molecule has 0 spiro atoms. The fourth-order valence-corrected chi connectivity index (χ4v) is 4.07. The topological polar surface area (TPSA) is 70.6 Å². The van der Waals surface area contributed by atoms with Crippen molar-refractivity contribution in [3.8, 4) is 5.75 Å². The number of urea groups is 1. The number of hydrogen-bond acceptors (Lipinski definition) is 3. The molecule has 2 aliphatic rings. The monoisotopic (exact) mass is 424 g/mol. The highest BCUT2D eigenvalue weighted by Gasteiger charge is 2.42. The highest BCUT2D eigenvalue weighted by molar-refractivity contribution is 5.91. The summed E-state index contributed by atoms with van der Waals surface area (Å²) in [7, 11) is 0. The van der Waals surface area contributed by atoms with E-state index in [4.69, 9.17) is 4.74 Å². The molecule has 0 saturated heterocycles. The maximum Gasteiger partial charge on any atom is 0.319 e. The number of nitrogens with one attached hydrogen (secondary N) is 2. The number of carbonyl (C=O) groups is 1. The van der Waals surface area contributed by atoms with Gasteiger partial charge in [0.1, 0.15) is 30.7 Å². The summed E-state index contributed by atoms with van der Waals surface area (Å²) in [5, 5.41) is 15.0. The highest BCUT2D eigenvalue weighted by Crippen LogP contribution is 2.41. The van der Waals surface area contributed by atoms with Crippen molar-refractivity contribution in [2.75, 3.05) is 18.7 Å². The Morgan fingerprint density at radius 2 is 1.87 bits per heavy atom. The Kier molecular flexibility index (Phi) is 5.31. The number of rotatable bonds is 4. The third-order valence-corrected chi connectivity index (χ3v) is 5.54. The average Bonchev–Trinajstić information content (AvgIpc) is 3.13. The molecule has 0 bridgehead atoms. The van der Waals surface area contributed by atoms with Crippen LogP contribution in [-0.2, 0) is 12.8 Å². The molecule has 30 heavy (non-hydrogen) atoms. The third kappa shape index (κ3) is 3.69. The molecule has 1 aliphatic heterocycles. The zero-order valence-corrected chi connectivity index (χ0v) is 15.9. The van der Waals surface area contributed by atoms with Gasteiger partial charge in [-0.2, -0.15) is 0 Å². The summed E-state index contributed by atoms with van der Waals surface area (Å²) >= 11 is 0. The summed E-state index contributed by atoms with van der Waals surface area (Å²) < 4.78 is 60.3. The number of halogens is 4. The van der Waals surface area contributed by atoms with Crippen LogP contribution in [0, 0.1) is 11.6 Å². The number of alkyl halides is 2. The highest BCUT2D eigenvalue weighted by atomic mass is 19.1. The molecule has 1 aliphatic carbocycles. The van der Waals surface area contributed by atoms with Crippen molar-refractivity contribution in [3.63, 3.8) is 0 Å². The minimum absolute atomic E-state index is 0.0917. The molecular formula is C21H20F4N2O3. The first-order valence-electron chi connectivity index (χ1n) is 9.50. The summed E-state index contributed by atoms with van der Waals surface area (Å²) in [6.07, 6.45) is -0.619. The van der Waals surface area contributed by atoms with Gasteiger partial charge in [0.05, 0.1) is 12.1 Å². The molecule has 4 rings (SSSR count). The van der Waals surface area contributed by atoms with Gasteiger partial charge in [0.25, 0.3) is 0 Å². The Morgan fingerprint density at radius 3 is 2.60 bits per heavy atom. The average molecular weight is 424 g/mol. The second kappa shape index (κ2) is 7.79. The number of ether oxygens (including phenoxy) is 1. The van der Waals surface area contributed by atoms with Crippen LogP contribution in [0.5, 0.6) is 5.75 Å². The summed E-state index contributed by atoms with van der Waals surface area (Å²) in [6.45, 7) is -2.24. The van der Waals surface area contributed by atoms with Gasteiger partial charge in [-0.3, -0.25) is 0 Å². The predicted molar refractivity (Wildman–Crippen MR) is 101 cm³/mol. The van der Waals surface area contributed by atoms with E-state index in [0.29, 0.717) is 16.8 Å². The van der Waals surface area contributed by atoms with Gasteiger partial charge >= 0.3 is 6.03 Å². The minimum atomic E-state index is -1.77. The normalized spacial score (nSPS) is 21.4. The van der Waals surface area contributed by atoms with E-state index in [1.165, 1.54) is 18.2 Å². The van der Waals surface area contributed by atoms with Crippen LogP contribution >= 0.6 is 0 Å². The zero-order chi connectivity index (χ0) is 21.5. The van der Waals surface area contributed by atoms with Crippen LogP contribution in [0.3, 0.4) is 0 Å². The molecule has 0 radical (unpaired) electrons. The maximum absolute atomic E-state index is 14.0. The van der Waals surface area contributed by atoms with Gasteiger partial charge in [0.15, 0.2) is 5.60 Å². The number of anilines is 1. The third-order valence-electron chi connectivity index (χ3n) is 5.54. The molecule has 1 heterocycles. The lowest BCUT2D eigenvalue weighted by Gasteiger charge is -2.39. The van der Waals surface area contributed by atoms with E-state index in [-0.39, 0.29) is 30.6 Å². The van der Waals surface area contributed by atoms with Crippen LogP contribution in [0.15, 0.2) is 30.3 Å². The van der Waals surface area contributed by atoms with Crippen molar-refractivity contribution < 1.29 is 32.2 Å². The zero-order valence-electron chi connectivity index (χ0n) is 15.9. The molecule has 2 aromatic carbocycles. The van der Waals surface area contributed by atoms with Crippen LogP contribution in [0.4, 0.5) is 28.0 Å². The Hall–Kier alpha value is -2.81. The summed E-state index contributed by atoms with van der Waals surface area (Å²) in [5.41, 5.74) is -0.341. The van der Waals surface area contributed by atoms with Gasteiger partial charge in [-0.05, 0) is 41.5 Å². The standard InChI is InChI=1S/C21H20F4N2O3/c22-9-21(10-23)8-18(15-5-11(24)1-4-19(15)30-21)27-20(29)26-17-3-2-16(25)13-6-12(28)7-14(13)17/h1-5,12,18,28H,6-10H2,(H2,26,27,29)/t12-,18+/m0/s1. The molecule has 0 aromatic heterocycles. The molecule has 0 saturated carbocycles. The largest absolute Gasteiger partial charge is 0.481 e. The predicted octanol–water partition coefficient (Wildman–Crippen LogP) is 3.75. The van der Waals surface area contributed by atoms with E-state index < -0.39 is 48.8 Å². The van der Waals surface area contributed by atoms with Gasteiger partial charge in [0, 0.05) is 30.5 Å². The van der Waals surface area contributed by atoms with Crippen molar-refractivity contribution in [3.05, 3.63) is 58.7 Å². The first-order chi connectivity index (χ1) is 14.3. The van der Waals surface area contributed by atoms with Crippen molar-refractivity contribution in [1.29, 1.82) is 0 Å². The van der Waals surface area contributed by atoms with Crippen molar-refractivity contribution in [2.45, 2.75) is 37.0 Å². The molecule has 2 aromatic rings. The lowest BCUT2D eigenvalue weighted by atomic mass is 9.88. The summed E-state index contributed by atoms with van der Waals surface area (Å²) in [4.78, 5) is 12.6. The van der Waals surface area contributed by atoms with Crippen LogP contribution in [-0.4, -0.2) is 36.2 Å². The van der Waals surface area contributed by atoms with E-state index >= 15 is 0 Å². The molecule has 2 atom stereocenters. The second-order valence-electron chi connectivity index (χ2n) is 7.70. The molecule has 3 N–H and O–H groups in total. The second-order valence-corrected chi connectivity index (χ2v) is 7.70. The molecule has 9 heteroatoms. The fraction of sp³-hybridized carbons (Fsp3) is 0.381. The van der Waals surface area contributed by atoms with Gasteiger partial charge in [-0.25, -0.2) is 22.4 Å². The number of amides is 2. The molecule has 0 unspecified atom stereocenters. The summed E-state index contributed by atoms with van der Waals surface area (Å²) in [6, 6.07) is 4.49. The minimum Gasteiger partial charge on any atom is -0.481 e. The van der Waals surface area contributed by atoms with Crippen LogP contribution in [0.1, 0.15) is 29.2 Å². The quantitative estimate of drug-likeness (QED) is 0.655. The van der Waals surface area contributed by atoms with Gasteiger partial charge in [0.2, 0.25) is 0 Å². The lowest BCUT2D eigenvalue weighted by molar-refractivity contribution is -0.0106. The van der Waals surface area contributed by atoms with E-state index in [9.17, 15) is 27.5 Å². The maximum atomic E-state index is 14.0. The lowest BCUT2D eigenvalue weighted by Crippen LogP contribution is -2.49. The van der Waals surface area contributed by atoms with E-state index in [0.717, 1.165) is 12.1 Å². The van der Waals surface area contributed by atoms with Crippen molar-refractivity contribution in [2.24, 2.45) is 0 Å². The molecular weight excluding hydrogens is 404 g/mol. The first-order valence-corrected chi connectivity index (χ1v) is 9.50. The summed E-state index contributed by atoms with van der Waals surface area (Å²) in [5.74, 6) is -0.950. The SMILES string of the molecule is O=C(Nc1ccc(F)c2c1C[C@@H](O)C2)N[C@@H]1CC(CF)(CF)Oc2ccc(F)cc21. The van der Waals surface area contributed by atoms with E-state index in [1.54, 1.807) is 0 Å². The smallest absolute Gasteiger partial charge is 0.319 e. The van der Waals surface area contributed by atoms with Crippen molar-refractivity contribution in [1.82, 2.24) is 5.32 Å². The van der Waals surface area contributed by atoms with Crippen molar-refractivity contribution >= 4 is 11.7 Å². The van der Waals surface area contributed by atoms with E-state index in [1.807, 2.05) is 0 Å². The number of aliphatic hydroxyl groups is 1. The van der Waals surface area contributed by atoms with Crippen LogP contribution in [0.2, 0.25) is 0 Å². The molecule has 2 amide bonds. The fourth-order valence-electron chi connectivity index (χ4n) is 4.07. The van der Waals surface area contributed by atoms with Crippen LogP contribution in [0.25, 0.3) is 0 Å². The number of hydrogen-bond donors (Lipinski definition) is 3. The Balaban J connectivity index is 1.58. The Morgan fingerprint density at radius 1 is 1.13 bits per heavy atom. The number of fused-ring (bicyclic) bond motifs is 2. The Bertz CT molecular complexity index is 981. The van der Waals surface area contributed by atoms with E-state index in [2.05, 4.69) is 10.6 Å². The number of benzene rings is 2. The van der Waals surface area contributed by atoms with Gasteiger partial charge in [-0.1, -0.05) is 0 Å².